The molecular weight excluding hydrogens is 408 g/mol. The summed E-state index contributed by atoms with van der Waals surface area (Å²) in [6.45, 7) is 0.378. The van der Waals surface area contributed by atoms with Crippen LogP contribution in [0.15, 0.2) is 83.8 Å². The first-order chi connectivity index (χ1) is 13.9. The van der Waals surface area contributed by atoms with E-state index in [0.29, 0.717) is 23.7 Å². The van der Waals surface area contributed by atoms with E-state index in [9.17, 15) is 13.2 Å². The van der Waals surface area contributed by atoms with Gasteiger partial charge in [0, 0.05) is 18.6 Å². The molecule has 0 saturated heterocycles. The van der Waals surface area contributed by atoms with Crippen LogP contribution in [0.3, 0.4) is 0 Å². The molecule has 0 aliphatic carbocycles. The highest BCUT2D eigenvalue weighted by atomic mass is 35.5. The number of nitrogens with one attached hydrogen (secondary N) is 1. The fourth-order valence-electron chi connectivity index (χ4n) is 2.87. The number of carbonyl (C=O) groups excluding carboxylic acids is 1. The van der Waals surface area contributed by atoms with Crippen molar-refractivity contribution < 1.29 is 13.2 Å². The minimum atomic E-state index is -3.89. The van der Waals surface area contributed by atoms with Crippen LogP contribution in [-0.4, -0.2) is 27.9 Å². The molecule has 0 saturated carbocycles. The molecule has 150 valence electrons. The highest BCUT2D eigenvalue weighted by Crippen LogP contribution is 2.24. The van der Waals surface area contributed by atoms with Gasteiger partial charge in [0.05, 0.1) is 11.3 Å². The molecule has 1 N–H and O–H groups in total. The second kappa shape index (κ2) is 9.11. The van der Waals surface area contributed by atoms with Crippen LogP contribution < -0.4 is 9.62 Å². The second-order valence-electron chi connectivity index (χ2n) is 6.44. The summed E-state index contributed by atoms with van der Waals surface area (Å²) in [6, 6.07) is 22.3. The summed E-state index contributed by atoms with van der Waals surface area (Å²) in [5.41, 5.74) is 1.66. The molecule has 0 radical (unpaired) electrons. The molecule has 29 heavy (non-hydrogen) atoms. The lowest BCUT2D eigenvalue weighted by Gasteiger charge is -2.21. The number of rotatable bonds is 7. The summed E-state index contributed by atoms with van der Waals surface area (Å²) in [5.74, 6) is -0.431. The third-order valence-electron chi connectivity index (χ3n) is 4.50. The van der Waals surface area contributed by atoms with Crippen molar-refractivity contribution in [1.82, 2.24) is 5.32 Å². The number of carbonyl (C=O) groups is 1. The number of halogens is 1. The van der Waals surface area contributed by atoms with Gasteiger partial charge in [-0.25, -0.2) is 8.42 Å². The molecule has 0 bridgehead atoms. The van der Waals surface area contributed by atoms with Crippen molar-refractivity contribution in [3.05, 3.63) is 95.0 Å². The quantitative estimate of drug-likeness (QED) is 0.615. The summed E-state index contributed by atoms with van der Waals surface area (Å²) in [6.07, 6.45) is 0.613. The summed E-state index contributed by atoms with van der Waals surface area (Å²) in [4.78, 5) is 12.7. The number of hydrogen-bond acceptors (Lipinski definition) is 3. The lowest BCUT2D eigenvalue weighted by atomic mass is 10.1. The van der Waals surface area contributed by atoms with Crippen molar-refractivity contribution in [2.24, 2.45) is 0 Å². The van der Waals surface area contributed by atoms with Gasteiger partial charge in [0.25, 0.3) is 15.9 Å². The molecule has 0 fully saturated rings. The highest BCUT2D eigenvalue weighted by Gasteiger charge is 2.26. The molecule has 5 nitrogen and oxygen atoms in total. The van der Waals surface area contributed by atoms with Crippen LogP contribution in [0.25, 0.3) is 0 Å². The molecule has 3 aromatic rings. The minimum Gasteiger partial charge on any atom is -0.352 e. The summed E-state index contributed by atoms with van der Waals surface area (Å²) < 4.78 is 27.4. The van der Waals surface area contributed by atoms with Gasteiger partial charge >= 0.3 is 0 Å². The average molecular weight is 429 g/mol. The Kier molecular flexibility index (Phi) is 6.56. The SMILES string of the molecule is CN(c1ccccc1)S(=O)(=O)c1ccccc1C(=O)NCCc1ccc(Cl)cc1. The second-order valence-corrected chi connectivity index (χ2v) is 8.81. The van der Waals surface area contributed by atoms with E-state index >= 15 is 0 Å². The molecule has 0 aliphatic heterocycles. The number of anilines is 1. The number of nitrogens with zero attached hydrogens (tertiary/aromatic N) is 1. The maximum Gasteiger partial charge on any atom is 0.264 e. The van der Waals surface area contributed by atoms with E-state index in [4.69, 9.17) is 11.6 Å². The molecule has 1 amide bonds. The van der Waals surface area contributed by atoms with Crippen molar-refractivity contribution in [3.63, 3.8) is 0 Å². The van der Waals surface area contributed by atoms with Crippen LogP contribution in [0.1, 0.15) is 15.9 Å². The number of hydrogen-bond donors (Lipinski definition) is 1. The Morgan fingerprint density at radius 3 is 2.24 bits per heavy atom. The predicted molar refractivity (Wildman–Crippen MR) is 116 cm³/mol. The number of sulfonamides is 1. The average Bonchev–Trinajstić information content (AvgIpc) is 2.75. The predicted octanol–water partition coefficient (Wildman–Crippen LogP) is 4.14. The summed E-state index contributed by atoms with van der Waals surface area (Å²) >= 11 is 5.88. The monoisotopic (exact) mass is 428 g/mol. The zero-order valence-electron chi connectivity index (χ0n) is 15.9. The maximum absolute atomic E-state index is 13.1. The van der Waals surface area contributed by atoms with E-state index in [0.717, 1.165) is 5.56 Å². The van der Waals surface area contributed by atoms with E-state index in [1.54, 1.807) is 48.5 Å². The summed E-state index contributed by atoms with van der Waals surface area (Å²) in [7, 11) is -2.42. The third-order valence-corrected chi connectivity index (χ3v) is 6.60. The lowest BCUT2D eigenvalue weighted by Crippen LogP contribution is -2.31. The Balaban J connectivity index is 1.77. The first kappa shape index (κ1) is 20.9. The lowest BCUT2D eigenvalue weighted by molar-refractivity contribution is 0.0951. The van der Waals surface area contributed by atoms with Crippen LogP contribution in [0.4, 0.5) is 5.69 Å². The van der Waals surface area contributed by atoms with Gasteiger partial charge in [0.1, 0.15) is 4.90 Å². The Labute approximate surface area is 176 Å². The van der Waals surface area contributed by atoms with Gasteiger partial charge in [-0.2, -0.15) is 0 Å². The number of para-hydroxylation sites is 1. The van der Waals surface area contributed by atoms with Crippen molar-refractivity contribution in [3.8, 4) is 0 Å². The van der Waals surface area contributed by atoms with Crippen molar-refractivity contribution in [2.75, 3.05) is 17.9 Å². The minimum absolute atomic E-state index is 0.0321. The molecule has 0 aromatic heterocycles. The normalized spacial score (nSPS) is 11.1. The summed E-state index contributed by atoms with van der Waals surface area (Å²) in [5, 5.41) is 3.45. The largest absolute Gasteiger partial charge is 0.352 e. The highest BCUT2D eigenvalue weighted by molar-refractivity contribution is 7.92. The van der Waals surface area contributed by atoms with Crippen molar-refractivity contribution in [2.45, 2.75) is 11.3 Å². The van der Waals surface area contributed by atoms with Gasteiger partial charge in [0.2, 0.25) is 0 Å². The molecule has 3 rings (SSSR count). The van der Waals surface area contributed by atoms with E-state index in [1.165, 1.54) is 23.5 Å². The van der Waals surface area contributed by atoms with Gasteiger partial charge in [-0.3, -0.25) is 9.10 Å². The van der Waals surface area contributed by atoms with E-state index in [-0.39, 0.29) is 10.5 Å². The first-order valence-corrected chi connectivity index (χ1v) is 10.9. The molecule has 0 aliphatic rings. The van der Waals surface area contributed by atoms with Crippen molar-refractivity contribution >= 4 is 33.2 Å². The third kappa shape index (κ3) is 4.96. The van der Waals surface area contributed by atoms with Crippen LogP contribution in [0, 0.1) is 0 Å². The Bertz CT molecular complexity index is 1080. The van der Waals surface area contributed by atoms with Crippen LogP contribution in [0.2, 0.25) is 5.02 Å². The van der Waals surface area contributed by atoms with Gasteiger partial charge < -0.3 is 5.32 Å². The van der Waals surface area contributed by atoms with Gasteiger partial charge in [-0.15, -0.1) is 0 Å². The zero-order valence-corrected chi connectivity index (χ0v) is 17.5. The van der Waals surface area contributed by atoms with Gasteiger partial charge in [-0.1, -0.05) is 54.1 Å². The number of amides is 1. The Hall–Kier alpha value is -2.83. The topological polar surface area (TPSA) is 66.5 Å². The van der Waals surface area contributed by atoms with E-state index < -0.39 is 15.9 Å². The Morgan fingerprint density at radius 1 is 0.931 bits per heavy atom. The molecule has 7 heteroatoms. The molecule has 0 unspecified atom stereocenters. The smallest absolute Gasteiger partial charge is 0.264 e. The number of benzene rings is 3. The molecule has 0 spiro atoms. The fourth-order valence-corrected chi connectivity index (χ4v) is 4.38. The van der Waals surface area contributed by atoms with Crippen LogP contribution in [-0.2, 0) is 16.4 Å². The first-order valence-electron chi connectivity index (χ1n) is 9.05. The van der Waals surface area contributed by atoms with E-state index in [1.807, 2.05) is 18.2 Å². The van der Waals surface area contributed by atoms with Crippen molar-refractivity contribution in [1.29, 1.82) is 0 Å². The Morgan fingerprint density at radius 2 is 1.55 bits per heavy atom. The molecule has 3 aromatic carbocycles. The van der Waals surface area contributed by atoms with Crippen LogP contribution >= 0.6 is 11.6 Å². The zero-order chi connectivity index (χ0) is 20.9. The molecule has 0 atom stereocenters. The van der Waals surface area contributed by atoms with Gasteiger partial charge in [0.15, 0.2) is 0 Å². The fraction of sp³-hybridized carbons (Fsp3) is 0.136. The standard InChI is InChI=1S/C22H21ClN2O3S/c1-25(19-7-3-2-4-8-19)29(27,28)21-10-6-5-9-20(21)22(26)24-16-15-17-11-13-18(23)14-12-17/h2-14H,15-16H2,1H3,(H,24,26). The molecular formula is C22H21ClN2O3S. The van der Waals surface area contributed by atoms with Gasteiger partial charge in [-0.05, 0) is 48.4 Å². The maximum atomic E-state index is 13.1. The molecule has 0 heterocycles. The van der Waals surface area contributed by atoms with E-state index in [2.05, 4.69) is 5.32 Å². The van der Waals surface area contributed by atoms with Crippen LogP contribution in [0.5, 0.6) is 0 Å².